The van der Waals surface area contributed by atoms with Gasteiger partial charge in [-0.3, -0.25) is 14.4 Å². The van der Waals surface area contributed by atoms with Crippen molar-refractivity contribution in [3.63, 3.8) is 0 Å². The van der Waals surface area contributed by atoms with Crippen molar-refractivity contribution >= 4 is 17.8 Å². The zero-order valence-electron chi connectivity index (χ0n) is 11.1. The van der Waals surface area contributed by atoms with Gasteiger partial charge in [-0.25, -0.2) is 0 Å². The minimum Gasteiger partial charge on any atom is -0.481 e. The summed E-state index contributed by atoms with van der Waals surface area (Å²) in [6.45, 7) is 2.56. The fourth-order valence-corrected chi connectivity index (χ4v) is 2.17. The second-order valence-electron chi connectivity index (χ2n) is 4.84. The third-order valence-corrected chi connectivity index (χ3v) is 3.20. The van der Waals surface area contributed by atoms with E-state index >= 15 is 0 Å². The molecule has 1 fully saturated rings. The smallest absolute Gasteiger partial charge is 0.303 e. The second-order valence-corrected chi connectivity index (χ2v) is 4.84. The van der Waals surface area contributed by atoms with E-state index in [0.717, 1.165) is 0 Å². The van der Waals surface area contributed by atoms with Gasteiger partial charge in [-0.05, 0) is 19.3 Å². The van der Waals surface area contributed by atoms with Crippen molar-refractivity contribution in [2.75, 3.05) is 13.1 Å². The molecule has 1 aliphatic heterocycles. The summed E-state index contributed by atoms with van der Waals surface area (Å²) in [4.78, 5) is 34.9. The van der Waals surface area contributed by atoms with Gasteiger partial charge in [0, 0.05) is 32.5 Å². The van der Waals surface area contributed by atoms with E-state index < -0.39 is 12.0 Å². The van der Waals surface area contributed by atoms with Gasteiger partial charge in [0.05, 0.1) is 6.04 Å². The highest BCUT2D eigenvalue weighted by Crippen LogP contribution is 2.12. The molecule has 0 aromatic rings. The van der Waals surface area contributed by atoms with Crippen LogP contribution in [-0.4, -0.2) is 53.0 Å². The molecule has 1 aliphatic rings. The highest BCUT2D eigenvalue weighted by molar-refractivity contribution is 5.82. The summed E-state index contributed by atoms with van der Waals surface area (Å²) in [6, 6.07) is -0.648. The Morgan fingerprint density at radius 2 is 1.95 bits per heavy atom. The lowest BCUT2D eigenvalue weighted by Gasteiger charge is -2.33. The summed E-state index contributed by atoms with van der Waals surface area (Å²) >= 11 is 0. The predicted octanol–water partition coefficient (Wildman–Crippen LogP) is -0.694. The van der Waals surface area contributed by atoms with Gasteiger partial charge in [-0.15, -0.1) is 0 Å². The molecule has 0 spiro atoms. The number of nitrogens with one attached hydrogen (secondary N) is 1. The summed E-state index contributed by atoms with van der Waals surface area (Å²) in [5, 5.41) is 11.4. The first-order valence-corrected chi connectivity index (χ1v) is 6.43. The Kier molecular flexibility index (Phi) is 5.75. The van der Waals surface area contributed by atoms with Gasteiger partial charge in [-0.2, -0.15) is 0 Å². The minimum atomic E-state index is -0.951. The first-order valence-electron chi connectivity index (χ1n) is 6.43. The molecule has 19 heavy (non-hydrogen) atoms. The lowest BCUT2D eigenvalue weighted by Crippen LogP contribution is -2.50. The van der Waals surface area contributed by atoms with Crippen LogP contribution in [0.3, 0.4) is 0 Å². The van der Waals surface area contributed by atoms with Gasteiger partial charge in [0.1, 0.15) is 0 Å². The van der Waals surface area contributed by atoms with Crippen molar-refractivity contribution in [3.05, 3.63) is 0 Å². The number of carboxylic acid groups (broad SMARTS) is 1. The maximum absolute atomic E-state index is 12.0. The highest BCUT2D eigenvalue weighted by Gasteiger charge is 2.26. The zero-order valence-corrected chi connectivity index (χ0v) is 11.1. The van der Waals surface area contributed by atoms with Crippen LogP contribution in [-0.2, 0) is 14.4 Å². The molecule has 1 atom stereocenters. The lowest BCUT2D eigenvalue weighted by molar-refractivity contribution is -0.137. The highest BCUT2D eigenvalue weighted by atomic mass is 16.4. The molecular formula is C12H21N3O4. The third-order valence-electron chi connectivity index (χ3n) is 3.20. The van der Waals surface area contributed by atoms with Crippen LogP contribution < -0.4 is 11.1 Å². The number of nitrogens with two attached hydrogens (primary N) is 1. The number of likely N-dealkylation sites (tertiary alicyclic amines) is 1. The summed E-state index contributed by atoms with van der Waals surface area (Å²) in [5.74, 6) is -1.22. The molecule has 0 aromatic heterocycles. The molecule has 7 nitrogen and oxygen atoms in total. The number of aliphatic carboxylic acids is 1. The number of nitrogens with zero attached hydrogens (tertiary/aromatic N) is 1. The first kappa shape index (κ1) is 15.4. The van der Waals surface area contributed by atoms with E-state index in [2.05, 4.69) is 5.32 Å². The van der Waals surface area contributed by atoms with Crippen molar-refractivity contribution in [2.24, 2.45) is 5.73 Å². The van der Waals surface area contributed by atoms with Gasteiger partial charge in [-0.1, -0.05) is 0 Å². The van der Waals surface area contributed by atoms with Crippen LogP contribution in [0.2, 0.25) is 0 Å². The quantitative estimate of drug-likeness (QED) is 0.612. The maximum Gasteiger partial charge on any atom is 0.303 e. The topological polar surface area (TPSA) is 113 Å². The van der Waals surface area contributed by atoms with E-state index in [9.17, 15) is 14.4 Å². The van der Waals surface area contributed by atoms with Gasteiger partial charge < -0.3 is 21.1 Å². The largest absolute Gasteiger partial charge is 0.481 e. The monoisotopic (exact) mass is 271 g/mol. The zero-order chi connectivity index (χ0) is 14.4. The number of piperidine rings is 1. The number of rotatable bonds is 5. The Bertz CT molecular complexity index is 351. The molecule has 1 saturated heterocycles. The average molecular weight is 271 g/mol. The molecule has 108 valence electrons. The summed E-state index contributed by atoms with van der Waals surface area (Å²) in [5.41, 5.74) is 5.69. The van der Waals surface area contributed by atoms with Crippen molar-refractivity contribution < 1.29 is 19.5 Å². The fourth-order valence-electron chi connectivity index (χ4n) is 2.17. The van der Waals surface area contributed by atoms with E-state index in [1.165, 1.54) is 6.92 Å². The molecule has 0 saturated carbocycles. The van der Waals surface area contributed by atoms with Crippen molar-refractivity contribution in [1.29, 1.82) is 0 Å². The van der Waals surface area contributed by atoms with Crippen LogP contribution in [0.4, 0.5) is 0 Å². The normalized spacial score (nSPS) is 17.9. The molecule has 0 aromatic carbocycles. The van der Waals surface area contributed by atoms with Crippen molar-refractivity contribution in [2.45, 2.75) is 44.7 Å². The number of hydrogen-bond acceptors (Lipinski definition) is 4. The van der Waals surface area contributed by atoms with E-state index in [1.807, 2.05) is 0 Å². The Morgan fingerprint density at radius 1 is 1.37 bits per heavy atom. The van der Waals surface area contributed by atoms with E-state index in [0.29, 0.717) is 25.9 Å². The molecule has 2 amide bonds. The van der Waals surface area contributed by atoms with Gasteiger partial charge in [0.15, 0.2) is 0 Å². The van der Waals surface area contributed by atoms with E-state index in [-0.39, 0.29) is 30.7 Å². The number of carboxylic acids is 1. The predicted molar refractivity (Wildman–Crippen MR) is 68.3 cm³/mol. The minimum absolute atomic E-state index is 0.0667. The van der Waals surface area contributed by atoms with Gasteiger partial charge in [0.2, 0.25) is 11.8 Å². The van der Waals surface area contributed by atoms with Gasteiger partial charge >= 0.3 is 5.97 Å². The van der Waals surface area contributed by atoms with E-state index in [4.69, 9.17) is 10.8 Å². The van der Waals surface area contributed by atoms with Crippen molar-refractivity contribution in [1.82, 2.24) is 10.2 Å². The summed E-state index contributed by atoms with van der Waals surface area (Å²) in [7, 11) is 0. The SMILES string of the molecule is CC(=O)NC1CCN(C(=O)C(N)CCC(=O)O)CC1. The number of hydrogen-bond donors (Lipinski definition) is 3. The maximum atomic E-state index is 12.0. The van der Waals surface area contributed by atoms with Crippen LogP contribution in [0.1, 0.15) is 32.6 Å². The molecule has 0 bridgehead atoms. The Balaban J connectivity index is 2.35. The fraction of sp³-hybridized carbons (Fsp3) is 0.750. The van der Waals surface area contributed by atoms with Crippen LogP contribution in [0.5, 0.6) is 0 Å². The van der Waals surface area contributed by atoms with Crippen LogP contribution in [0, 0.1) is 0 Å². The molecule has 0 radical (unpaired) electrons. The van der Waals surface area contributed by atoms with Crippen LogP contribution >= 0.6 is 0 Å². The molecule has 4 N–H and O–H groups in total. The standard InChI is InChI=1S/C12H21N3O4/c1-8(16)14-9-4-6-15(7-5-9)12(19)10(13)2-3-11(17)18/h9-10H,2-7,13H2,1H3,(H,14,16)(H,17,18). The molecule has 1 unspecified atom stereocenters. The molecule has 0 aliphatic carbocycles. The van der Waals surface area contributed by atoms with Crippen molar-refractivity contribution in [3.8, 4) is 0 Å². The Morgan fingerprint density at radius 3 is 2.42 bits per heavy atom. The Hall–Kier alpha value is -1.63. The molecule has 7 heteroatoms. The lowest BCUT2D eigenvalue weighted by atomic mass is 10.0. The molecular weight excluding hydrogens is 250 g/mol. The number of carbonyl (C=O) groups is 3. The average Bonchev–Trinajstić information content (AvgIpc) is 2.35. The first-order chi connectivity index (χ1) is 8.90. The summed E-state index contributed by atoms with van der Waals surface area (Å²) in [6.07, 6.45) is 1.46. The van der Waals surface area contributed by atoms with Gasteiger partial charge in [0.25, 0.3) is 0 Å². The van der Waals surface area contributed by atoms with Crippen LogP contribution in [0.15, 0.2) is 0 Å². The second kappa shape index (κ2) is 7.08. The van der Waals surface area contributed by atoms with E-state index in [1.54, 1.807) is 4.90 Å². The molecule has 1 heterocycles. The third kappa shape index (κ3) is 5.25. The number of amides is 2. The number of carbonyl (C=O) groups excluding carboxylic acids is 2. The summed E-state index contributed by atoms with van der Waals surface area (Å²) < 4.78 is 0. The Labute approximate surface area is 112 Å². The molecule has 1 rings (SSSR count). The van der Waals surface area contributed by atoms with Crippen LogP contribution in [0.25, 0.3) is 0 Å².